The topological polar surface area (TPSA) is 69.6 Å². The molecule has 0 aromatic carbocycles. The molecule has 0 radical (unpaired) electrons. The van der Waals surface area contributed by atoms with Crippen molar-refractivity contribution in [1.82, 2.24) is 19.4 Å². The highest BCUT2D eigenvalue weighted by Crippen LogP contribution is 2.23. The Bertz CT molecular complexity index is 484. The number of aliphatic hydroxyl groups excluding tert-OH is 1. The Morgan fingerprint density at radius 1 is 1.30 bits per heavy atom. The second kappa shape index (κ2) is 5.75. The van der Waals surface area contributed by atoms with Gasteiger partial charge in [-0.05, 0) is 37.7 Å². The van der Waals surface area contributed by atoms with Crippen LogP contribution in [0.15, 0.2) is 0 Å². The molecule has 20 heavy (non-hydrogen) atoms. The van der Waals surface area contributed by atoms with E-state index in [1.807, 2.05) is 11.8 Å². The van der Waals surface area contributed by atoms with Gasteiger partial charge in [-0.15, -0.1) is 5.10 Å². The van der Waals surface area contributed by atoms with Gasteiger partial charge in [-0.3, -0.25) is 9.69 Å². The van der Waals surface area contributed by atoms with Crippen molar-refractivity contribution in [3.8, 4) is 0 Å². The lowest BCUT2D eigenvalue weighted by Gasteiger charge is -2.36. The van der Waals surface area contributed by atoms with Crippen molar-refractivity contribution in [2.24, 2.45) is 0 Å². The molecule has 3 heterocycles. The Morgan fingerprint density at radius 3 is 2.60 bits per heavy atom. The molecule has 110 valence electrons. The molecular weight excluding hydrogens is 276 g/mol. The summed E-state index contributed by atoms with van der Waals surface area (Å²) < 4.78 is 3.83. The maximum absolute atomic E-state index is 12.4. The van der Waals surface area contributed by atoms with Crippen molar-refractivity contribution in [3.05, 3.63) is 10.6 Å². The minimum Gasteiger partial charge on any atom is -0.392 e. The highest BCUT2D eigenvalue weighted by molar-refractivity contribution is 7.07. The molecule has 1 aromatic rings. The molecule has 0 bridgehead atoms. The number of aryl methyl sites for hydroxylation is 1. The molecule has 3 rings (SSSR count). The molecule has 1 aromatic heterocycles. The first-order chi connectivity index (χ1) is 9.65. The van der Waals surface area contributed by atoms with Gasteiger partial charge in [0.2, 0.25) is 0 Å². The average Bonchev–Trinajstić information content (AvgIpc) is 3.07. The first kappa shape index (κ1) is 13.9. The van der Waals surface area contributed by atoms with E-state index in [2.05, 4.69) is 14.5 Å². The molecular formula is C13H20N4O2S. The third-order valence-electron chi connectivity index (χ3n) is 4.31. The molecule has 0 saturated carbocycles. The number of likely N-dealkylation sites (tertiary alicyclic amines) is 2. The summed E-state index contributed by atoms with van der Waals surface area (Å²) in [6, 6.07) is 0.511. The normalized spacial score (nSPS) is 25.3. The van der Waals surface area contributed by atoms with Gasteiger partial charge in [-0.2, -0.15) is 0 Å². The number of aromatic nitrogens is 2. The molecule has 2 saturated heterocycles. The van der Waals surface area contributed by atoms with Gasteiger partial charge in [0.15, 0.2) is 0 Å². The number of hydrogen-bond acceptors (Lipinski definition) is 6. The van der Waals surface area contributed by atoms with E-state index in [-0.39, 0.29) is 12.0 Å². The third kappa shape index (κ3) is 2.70. The maximum Gasteiger partial charge on any atom is 0.267 e. The molecule has 6 nitrogen and oxygen atoms in total. The molecule has 2 aliphatic heterocycles. The smallest absolute Gasteiger partial charge is 0.267 e. The van der Waals surface area contributed by atoms with Crippen molar-refractivity contribution in [3.63, 3.8) is 0 Å². The molecule has 2 aliphatic rings. The SMILES string of the molecule is Cc1nnsc1C(=O)N1CCC(N2CCC(O)C2)CC1. The van der Waals surface area contributed by atoms with E-state index in [1.165, 1.54) is 11.5 Å². The lowest BCUT2D eigenvalue weighted by molar-refractivity contribution is 0.0631. The zero-order valence-electron chi connectivity index (χ0n) is 11.7. The lowest BCUT2D eigenvalue weighted by atomic mass is 10.0. The number of hydrogen-bond donors (Lipinski definition) is 1. The Kier molecular flexibility index (Phi) is 4.00. The average molecular weight is 296 g/mol. The Labute approximate surface area is 122 Å². The molecule has 1 N–H and O–H groups in total. The molecule has 1 unspecified atom stereocenters. The van der Waals surface area contributed by atoms with E-state index in [9.17, 15) is 9.90 Å². The van der Waals surface area contributed by atoms with Crippen molar-refractivity contribution in [2.45, 2.75) is 38.3 Å². The maximum atomic E-state index is 12.4. The van der Waals surface area contributed by atoms with Crippen LogP contribution in [0.1, 0.15) is 34.6 Å². The van der Waals surface area contributed by atoms with Crippen LogP contribution in [0.3, 0.4) is 0 Å². The molecule has 0 aliphatic carbocycles. The van der Waals surface area contributed by atoms with Gasteiger partial charge in [0, 0.05) is 32.2 Å². The predicted molar refractivity (Wildman–Crippen MR) is 75.8 cm³/mol. The van der Waals surface area contributed by atoms with Gasteiger partial charge >= 0.3 is 0 Å². The van der Waals surface area contributed by atoms with Crippen LogP contribution in [0.2, 0.25) is 0 Å². The number of β-amino-alcohol motifs (C(OH)–C–C–N with tert-alkyl or cyclic N) is 1. The summed E-state index contributed by atoms with van der Waals surface area (Å²) >= 11 is 1.18. The van der Waals surface area contributed by atoms with Crippen LogP contribution in [-0.2, 0) is 0 Å². The summed E-state index contributed by atoms with van der Waals surface area (Å²) in [6.45, 7) is 5.17. The fourth-order valence-corrected chi connectivity index (χ4v) is 3.73. The van der Waals surface area contributed by atoms with E-state index < -0.39 is 0 Å². The van der Waals surface area contributed by atoms with Crippen LogP contribution in [0.5, 0.6) is 0 Å². The van der Waals surface area contributed by atoms with Crippen LogP contribution in [-0.4, -0.2) is 68.7 Å². The highest BCUT2D eigenvalue weighted by atomic mass is 32.1. The summed E-state index contributed by atoms with van der Waals surface area (Å²) in [7, 11) is 0. The van der Waals surface area contributed by atoms with Crippen LogP contribution in [0.25, 0.3) is 0 Å². The molecule has 1 amide bonds. The molecule has 1 atom stereocenters. The van der Waals surface area contributed by atoms with Crippen LogP contribution < -0.4 is 0 Å². The van der Waals surface area contributed by atoms with Crippen LogP contribution >= 0.6 is 11.5 Å². The predicted octanol–water partition coefficient (Wildman–Crippen LogP) is 0.518. The molecule has 0 spiro atoms. The van der Waals surface area contributed by atoms with Crippen molar-refractivity contribution in [2.75, 3.05) is 26.2 Å². The second-order valence-corrected chi connectivity index (χ2v) is 6.40. The number of rotatable bonds is 2. The fraction of sp³-hybridized carbons (Fsp3) is 0.769. The van der Waals surface area contributed by atoms with Gasteiger partial charge in [-0.1, -0.05) is 4.49 Å². The van der Waals surface area contributed by atoms with E-state index in [1.54, 1.807) is 0 Å². The van der Waals surface area contributed by atoms with Gasteiger partial charge in [0.05, 0.1) is 11.8 Å². The summed E-state index contributed by atoms with van der Waals surface area (Å²) in [5.74, 6) is 0.0670. The first-order valence-corrected chi connectivity index (χ1v) is 7.93. The quantitative estimate of drug-likeness (QED) is 0.861. The number of carbonyl (C=O) groups excluding carboxylic acids is 1. The number of piperidine rings is 1. The van der Waals surface area contributed by atoms with Crippen molar-refractivity contribution < 1.29 is 9.90 Å². The largest absolute Gasteiger partial charge is 0.392 e. The number of aliphatic hydroxyl groups is 1. The Morgan fingerprint density at radius 2 is 2.05 bits per heavy atom. The molecule has 7 heteroatoms. The van der Waals surface area contributed by atoms with E-state index in [4.69, 9.17) is 0 Å². The minimum absolute atomic E-state index is 0.0670. The number of amides is 1. The zero-order valence-corrected chi connectivity index (χ0v) is 12.5. The summed E-state index contributed by atoms with van der Waals surface area (Å²) in [5.41, 5.74) is 0.727. The number of carbonyl (C=O) groups is 1. The zero-order chi connectivity index (χ0) is 14.1. The van der Waals surface area contributed by atoms with Gasteiger partial charge in [-0.25, -0.2) is 0 Å². The van der Waals surface area contributed by atoms with Gasteiger partial charge in [0.25, 0.3) is 5.91 Å². The first-order valence-electron chi connectivity index (χ1n) is 7.15. The van der Waals surface area contributed by atoms with Gasteiger partial charge < -0.3 is 10.0 Å². The standard InChI is InChI=1S/C13H20N4O2S/c1-9-12(20-15-14-9)13(19)16-5-2-10(3-6-16)17-7-4-11(18)8-17/h10-11,18H,2-8H2,1H3. The summed E-state index contributed by atoms with van der Waals surface area (Å²) in [4.78, 5) is 17.3. The Hall–Kier alpha value is -1.05. The van der Waals surface area contributed by atoms with E-state index in [0.29, 0.717) is 10.9 Å². The molecule has 2 fully saturated rings. The third-order valence-corrected chi connectivity index (χ3v) is 5.12. The number of nitrogens with zero attached hydrogens (tertiary/aromatic N) is 4. The second-order valence-electron chi connectivity index (χ2n) is 5.65. The summed E-state index contributed by atoms with van der Waals surface area (Å²) in [5, 5.41) is 13.5. The van der Waals surface area contributed by atoms with Gasteiger partial charge in [0.1, 0.15) is 4.88 Å². The van der Waals surface area contributed by atoms with Crippen LogP contribution in [0.4, 0.5) is 0 Å². The summed E-state index contributed by atoms with van der Waals surface area (Å²) in [6.07, 6.45) is 2.69. The Balaban J connectivity index is 1.56. The minimum atomic E-state index is -0.166. The monoisotopic (exact) mass is 296 g/mol. The van der Waals surface area contributed by atoms with E-state index in [0.717, 1.165) is 51.1 Å². The van der Waals surface area contributed by atoms with Crippen molar-refractivity contribution in [1.29, 1.82) is 0 Å². The van der Waals surface area contributed by atoms with E-state index >= 15 is 0 Å². The van der Waals surface area contributed by atoms with Crippen molar-refractivity contribution >= 4 is 17.4 Å². The highest BCUT2D eigenvalue weighted by Gasteiger charge is 2.32. The lowest BCUT2D eigenvalue weighted by Crippen LogP contribution is -2.46. The van der Waals surface area contributed by atoms with Crippen LogP contribution in [0, 0.1) is 6.92 Å². The fourth-order valence-electron chi connectivity index (χ4n) is 3.11.